The lowest BCUT2D eigenvalue weighted by Gasteiger charge is -2.37. The normalized spacial score (nSPS) is 16.1. The molecule has 1 aliphatic rings. The van der Waals surface area contributed by atoms with Gasteiger partial charge in [0.15, 0.2) is 0 Å². The SMILES string of the molecule is Cc1cccc(C)c1C(=O)NCC(c1cncs1)N1CCC(Oc2ccccc2)CC1. The van der Waals surface area contributed by atoms with Crippen molar-refractivity contribution in [3.05, 3.63) is 81.8 Å². The predicted octanol–water partition coefficient (Wildman–Crippen LogP) is 4.77. The van der Waals surface area contributed by atoms with Gasteiger partial charge in [0, 0.05) is 36.3 Å². The maximum atomic E-state index is 12.9. The summed E-state index contributed by atoms with van der Waals surface area (Å²) in [6.45, 7) is 6.40. The lowest BCUT2D eigenvalue weighted by molar-refractivity contribution is 0.0722. The number of hydrogen-bond acceptors (Lipinski definition) is 5. The molecule has 1 N–H and O–H groups in total. The highest BCUT2D eigenvalue weighted by molar-refractivity contribution is 7.09. The van der Waals surface area contributed by atoms with Gasteiger partial charge in [-0.25, -0.2) is 0 Å². The van der Waals surface area contributed by atoms with Crippen LogP contribution in [0.4, 0.5) is 0 Å². The van der Waals surface area contributed by atoms with Crippen molar-refractivity contribution in [3.8, 4) is 5.75 Å². The largest absolute Gasteiger partial charge is 0.490 e. The van der Waals surface area contributed by atoms with Gasteiger partial charge in [0.25, 0.3) is 5.91 Å². The van der Waals surface area contributed by atoms with Crippen molar-refractivity contribution in [2.75, 3.05) is 19.6 Å². The molecule has 162 valence electrons. The van der Waals surface area contributed by atoms with Crippen molar-refractivity contribution >= 4 is 17.2 Å². The molecule has 2 aromatic carbocycles. The Bertz CT molecular complexity index is 963. The molecule has 1 amide bonds. The number of rotatable bonds is 7. The summed E-state index contributed by atoms with van der Waals surface area (Å²) in [7, 11) is 0. The molecule has 1 aromatic heterocycles. The number of nitrogens with zero attached hydrogens (tertiary/aromatic N) is 2. The van der Waals surface area contributed by atoms with Crippen LogP contribution in [-0.4, -0.2) is 41.5 Å². The molecule has 0 saturated carbocycles. The van der Waals surface area contributed by atoms with Gasteiger partial charge in [0.1, 0.15) is 11.9 Å². The summed E-state index contributed by atoms with van der Waals surface area (Å²) < 4.78 is 6.15. The predicted molar refractivity (Wildman–Crippen MR) is 125 cm³/mol. The molecule has 6 heteroatoms. The number of nitrogens with one attached hydrogen (secondary N) is 1. The smallest absolute Gasteiger partial charge is 0.251 e. The highest BCUT2D eigenvalue weighted by atomic mass is 32.1. The van der Waals surface area contributed by atoms with Crippen LogP contribution in [0.1, 0.15) is 45.2 Å². The number of likely N-dealkylation sites (tertiary alicyclic amines) is 1. The Hall–Kier alpha value is -2.70. The number of aryl methyl sites for hydroxylation is 2. The second kappa shape index (κ2) is 10.1. The van der Waals surface area contributed by atoms with Crippen molar-refractivity contribution in [1.82, 2.24) is 15.2 Å². The third kappa shape index (κ3) is 5.32. The highest BCUT2D eigenvalue weighted by Crippen LogP contribution is 2.28. The lowest BCUT2D eigenvalue weighted by Crippen LogP contribution is -2.44. The van der Waals surface area contributed by atoms with Crippen LogP contribution in [-0.2, 0) is 0 Å². The van der Waals surface area contributed by atoms with Crippen LogP contribution in [0.3, 0.4) is 0 Å². The van der Waals surface area contributed by atoms with Crippen molar-refractivity contribution in [2.24, 2.45) is 0 Å². The summed E-state index contributed by atoms with van der Waals surface area (Å²) in [6, 6.07) is 16.1. The number of thiazole rings is 1. The fraction of sp³-hybridized carbons (Fsp3) is 0.360. The van der Waals surface area contributed by atoms with Crippen LogP contribution in [0.15, 0.2) is 60.2 Å². The summed E-state index contributed by atoms with van der Waals surface area (Å²) in [6.07, 6.45) is 4.09. The highest BCUT2D eigenvalue weighted by Gasteiger charge is 2.28. The topological polar surface area (TPSA) is 54.5 Å². The van der Waals surface area contributed by atoms with Gasteiger partial charge in [-0.2, -0.15) is 0 Å². The summed E-state index contributed by atoms with van der Waals surface area (Å²) in [5.41, 5.74) is 4.65. The van der Waals surface area contributed by atoms with E-state index < -0.39 is 0 Å². The van der Waals surface area contributed by atoms with Gasteiger partial charge in [0.2, 0.25) is 0 Å². The average Bonchev–Trinajstić information content (AvgIpc) is 3.30. The van der Waals surface area contributed by atoms with E-state index in [9.17, 15) is 4.79 Å². The summed E-state index contributed by atoms with van der Waals surface area (Å²) >= 11 is 1.65. The molecule has 3 aromatic rings. The molecule has 1 unspecified atom stereocenters. The third-order valence-corrected chi connectivity index (χ3v) is 6.78. The molecule has 0 spiro atoms. The van der Waals surface area contributed by atoms with Crippen LogP contribution >= 0.6 is 11.3 Å². The number of aromatic nitrogens is 1. The first-order chi connectivity index (χ1) is 15.1. The summed E-state index contributed by atoms with van der Waals surface area (Å²) in [4.78, 5) is 20.8. The Morgan fingerprint density at radius 2 is 1.84 bits per heavy atom. The molecule has 5 nitrogen and oxygen atoms in total. The summed E-state index contributed by atoms with van der Waals surface area (Å²) in [5, 5.41) is 3.18. The maximum Gasteiger partial charge on any atom is 0.251 e. The molecule has 0 aliphatic carbocycles. The van der Waals surface area contributed by atoms with Gasteiger partial charge in [-0.15, -0.1) is 11.3 Å². The van der Waals surface area contributed by atoms with Gasteiger partial charge >= 0.3 is 0 Å². The van der Waals surface area contributed by atoms with Crippen LogP contribution in [0, 0.1) is 13.8 Å². The number of carbonyl (C=O) groups is 1. The van der Waals surface area contributed by atoms with Gasteiger partial charge in [-0.3, -0.25) is 14.7 Å². The first kappa shape index (κ1) is 21.5. The lowest BCUT2D eigenvalue weighted by atomic mass is 10.0. The van der Waals surface area contributed by atoms with Crippen LogP contribution in [0.2, 0.25) is 0 Å². The minimum Gasteiger partial charge on any atom is -0.490 e. The van der Waals surface area contributed by atoms with E-state index in [0.29, 0.717) is 6.54 Å². The van der Waals surface area contributed by atoms with Gasteiger partial charge < -0.3 is 10.1 Å². The fourth-order valence-corrected chi connectivity index (χ4v) is 5.00. The third-order valence-electron chi connectivity index (χ3n) is 5.91. The minimum absolute atomic E-state index is 0.00703. The number of para-hydroxylation sites is 1. The molecule has 0 radical (unpaired) electrons. The molecule has 4 rings (SSSR count). The molecule has 1 aliphatic heterocycles. The molecular weight excluding hydrogens is 406 g/mol. The first-order valence-electron chi connectivity index (χ1n) is 10.8. The Labute approximate surface area is 188 Å². The molecule has 1 atom stereocenters. The second-order valence-electron chi connectivity index (χ2n) is 8.06. The van der Waals surface area contributed by atoms with Crippen molar-refractivity contribution in [1.29, 1.82) is 0 Å². The second-order valence-corrected chi connectivity index (χ2v) is 8.98. The molecule has 1 saturated heterocycles. The average molecular weight is 436 g/mol. The van der Waals surface area contributed by atoms with Gasteiger partial charge in [-0.05, 0) is 49.9 Å². The Morgan fingerprint density at radius 3 is 2.48 bits per heavy atom. The van der Waals surface area contributed by atoms with Crippen LogP contribution in [0.25, 0.3) is 0 Å². The van der Waals surface area contributed by atoms with Crippen molar-refractivity contribution < 1.29 is 9.53 Å². The van der Waals surface area contributed by atoms with E-state index in [-0.39, 0.29) is 18.1 Å². The molecule has 2 heterocycles. The van der Waals surface area contributed by atoms with E-state index in [2.05, 4.69) is 15.2 Å². The molecule has 0 bridgehead atoms. The van der Waals surface area contributed by atoms with E-state index in [4.69, 9.17) is 4.74 Å². The van der Waals surface area contributed by atoms with Crippen molar-refractivity contribution in [2.45, 2.75) is 38.8 Å². The quantitative estimate of drug-likeness (QED) is 0.581. The number of carbonyl (C=O) groups excluding carboxylic acids is 1. The number of piperidine rings is 1. The van der Waals surface area contributed by atoms with Crippen molar-refractivity contribution in [3.63, 3.8) is 0 Å². The molecular formula is C25H29N3O2S. The first-order valence-corrected chi connectivity index (χ1v) is 11.7. The number of amides is 1. The van der Waals surface area contributed by atoms with Gasteiger partial charge in [0.05, 0.1) is 11.6 Å². The van der Waals surface area contributed by atoms with E-state index in [1.807, 2.05) is 74.1 Å². The minimum atomic E-state index is -0.00703. The number of hydrogen-bond donors (Lipinski definition) is 1. The van der Waals surface area contributed by atoms with Crippen LogP contribution < -0.4 is 10.1 Å². The standard InChI is InChI=1S/C25H29N3O2S/c1-18-7-6-8-19(2)24(18)25(29)27-15-22(23-16-26-17-31-23)28-13-11-21(12-14-28)30-20-9-4-3-5-10-20/h3-10,16-17,21-22H,11-15H2,1-2H3,(H,27,29). The van der Waals surface area contributed by atoms with E-state index in [1.54, 1.807) is 11.3 Å². The van der Waals surface area contributed by atoms with E-state index in [1.165, 1.54) is 4.88 Å². The molecule has 1 fully saturated rings. The monoisotopic (exact) mass is 435 g/mol. The molecule has 31 heavy (non-hydrogen) atoms. The maximum absolute atomic E-state index is 12.9. The van der Waals surface area contributed by atoms with Gasteiger partial charge in [-0.1, -0.05) is 36.4 Å². The zero-order valence-corrected chi connectivity index (χ0v) is 18.9. The zero-order valence-electron chi connectivity index (χ0n) is 18.1. The number of benzene rings is 2. The van der Waals surface area contributed by atoms with E-state index in [0.717, 1.165) is 48.4 Å². The summed E-state index contributed by atoms with van der Waals surface area (Å²) in [5.74, 6) is 0.924. The number of ether oxygens (including phenoxy) is 1. The van der Waals surface area contributed by atoms with E-state index >= 15 is 0 Å². The van der Waals surface area contributed by atoms with Crippen LogP contribution in [0.5, 0.6) is 5.75 Å². The Balaban J connectivity index is 1.39. The Kier molecular flexibility index (Phi) is 6.99. The zero-order chi connectivity index (χ0) is 21.6. The Morgan fingerprint density at radius 1 is 1.13 bits per heavy atom. The fourth-order valence-electron chi connectivity index (χ4n) is 4.25.